The van der Waals surface area contributed by atoms with Crippen LogP contribution < -0.4 is 5.32 Å². The highest BCUT2D eigenvalue weighted by Gasteiger charge is 2.67. The van der Waals surface area contributed by atoms with Crippen LogP contribution in [0.1, 0.15) is 29.3 Å². The molecule has 1 aliphatic heterocycles. The Balaban J connectivity index is 1.27. The van der Waals surface area contributed by atoms with Crippen LogP contribution in [0.5, 0.6) is 0 Å². The Hall–Kier alpha value is -3.74. The van der Waals surface area contributed by atoms with Crippen molar-refractivity contribution in [2.75, 3.05) is 11.9 Å². The molecule has 2 bridgehead atoms. The van der Waals surface area contributed by atoms with Crippen molar-refractivity contribution >= 4 is 29.4 Å². The van der Waals surface area contributed by atoms with Gasteiger partial charge < -0.3 is 10.1 Å². The monoisotopic (exact) mass is 484 g/mol. The van der Waals surface area contributed by atoms with E-state index in [9.17, 15) is 19.2 Å². The zero-order valence-electron chi connectivity index (χ0n) is 20.0. The summed E-state index contributed by atoms with van der Waals surface area (Å²) in [7, 11) is 0. The van der Waals surface area contributed by atoms with Crippen molar-refractivity contribution in [1.82, 2.24) is 4.90 Å². The molecule has 7 atom stereocenters. The number of amides is 3. The molecule has 3 fully saturated rings. The molecule has 4 aliphatic carbocycles. The summed E-state index contributed by atoms with van der Waals surface area (Å²) >= 11 is 0. The van der Waals surface area contributed by atoms with E-state index in [4.69, 9.17) is 4.74 Å². The molecular weight excluding hydrogens is 456 g/mol. The van der Waals surface area contributed by atoms with E-state index in [2.05, 4.69) is 17.5 Å². The van der Waals surface area contributed by atoms with Gasteiger partial charge in [0.2, 0.25) is 17.7 Å². The van der Waals surface area contributed by atoms with Gasteiger partial charge in [0.1, 0.15) is 6.04 Å². The lowest BCUT2D eigenvalue weighted by Gasteiger charge is -2.37. The molecule has 7 nitrogen and oxygen atoms in total. The fourth-order valence-corrected chi connectivity index (χ4v) is 6.56. The van der Waals surface area contributed by atoms with Crippen LogP contribution in [-0.2, 0) is 25.5 Å². The molecule has 1 N–H and O–H groups in total. The minimum atomic E-state index is -0.960. The molecule has 1 heterocycles. The number of likely N-dealkylation sites (tertiary alicyclic amines) is 1. The number of nitrogens with zero attached hydrogens (tertiary/aromatic N) is 1. The van der Waals surface area contributed by atoms with E-state index in [1.54, 1.807) is 31.2 Å². The summed E-state index contributed by atoms with van der Waals surface area (Å²) in [4.78, 5) is 54.2. The number of esters is 1. The van der Waals surface area contributed by atoms with Crippen LogP contribution >= 0.6 is 0 Å². The molecule has 3 amide bonds. The maximum atomic E-state index is 13.7. The molecule has 2 saturated carbocycles. The van der Waals surface area contributed by atoms with Crippen molar-refractivity contribution in [1.29, 1.82) is 0 Å². The van der Waals surface area contributed by atoms with Crippen molar-refractivity contribution in [3.63, 3.8) is 0 Å². The zero-order chi connectivity index (χ0) is 25.0. The second-order valence-corrected chi connectivity index (χ2v) is 10.2. The SMILES string of the molecule is CCOC(=O)c1ccc(NC(=O)C(Cc2ccccc2)N2C(=O)C3C4C=CC(C5CC45)C3C2=O)cc1. The van der Waals surface area contributed by atoms with Crippen LogP contribution in [0.3, 0.4) is 0 Å². The van der Waals surface area contributed by atoms with Crippen LogP contribution in [-0.4, -0.2) is 41.2 Å². The summed E-state index contributed by atoms with van der Waals surface area (Å²) < 4.78 is 5.01. The van der Waals surface area contributed by atoms with Crippen molar-refractivity contribution in [3.8, 4) is 0 Å². The van der Waals surface area contributed by atoms with E-state index in [1.165, 1.54) is 4.90 Å². The standard InChI is InChI=1S/C29H28N2O5/c1-2-36-29(35)17-8-10-18(11-9-17)30-26(32)23(14-16-6-4-3-5-7-16)31-27(33)24-19-12-13-20(22-15-21(19)22)25(24)28(31)34/h3-13,19-25H,2,14-15H2,1H3,(H,30,32). The molecule has 1 saturated heterocycles. The molecule has 7 heteroatoms. The molecule has 2 aromatic carbocycles. The maximum Gasteiger partial charge on any atom is 0.338 e. The predicted octanol–water partition coefficient (Wildman–Crippen LogP) is 3.47. The molecule has 7 unspecified atom stereocenters. The molecule has 0 aromatic heterocycles. The number of benzene rings is 2. The molecule has 2 aromatic rings. The number of nitrogens with one attached hydrogen (secondary N) is 1. The molecule has 7 rings (SSSR count). The van der Waals surface area contributed by atoms with Crippen molar-refractivity contribution in [2.45, 2.75) is 25.8 Å². The Bertz CT molecular complexity index is 1220. The Morgan fingerprint density at radius 2 is 1.56 bits per heavy atom. The van der Waals surface area contributed by atoms with Gasteiger partial charge in [0, 0.05) is 12.1 Å². The van der Waals surface area contributed by atoms with Gasteiger partial charge in [-0.1, -0.05) is 42.5 Å². The first-order chi connectivity index (χ1) is 17.5. The molecular formula is C29H28N2O5. The lowest BCUT2D eigenvalue weighted by Crippen LogP contribution is -2.49. The second kappa shape index (κ2) is 8.73. The summed E-state index contributed by atoms with van der Waals surface area (Å²) in [6, 6.07) is 14.9. The third kappa shape index (κ3) is 3.65. The van der Waals surface area contributed by atoms with Crippen LogP contribution in [0.4, 0.5) is 5.69 Å². The Kier molecular flexibility index (Phi) is 5.51. The third-order valence-corrected chi connectivity index (χ3v) is 8.25. The lowest BCUT2D eigenvalue weighted by molar-refractivity contribution is -0.146. The zero-order valence-corrected chi connectivity index (χ0v) is 20.0. The van der Waals surface area contributed by atoms with Gasteiger partial charge >= 0.3 is 5.97 Å². The third-order valence-electron chi connectivity index (χ3n) is 8.25. The highest BCUT2D eigenvalue weighted by molar-refractivity contribution is 6.10. The summed E-state index contributed by atoms with van der Waals surface area (Å²) in [5, 5.41) is 2.86. The van der Waals surface area contributed by atoms with E-state index in [0.29, 0.717) is 23.1 Å². The number of allylic oxidation sites excluding steroid dienone is 2. The van der Waals surface area contributed by atoms with Crippen LogP contribution in [0, 0.1) is 35.5 Å². The fourth-order valence-electron chi connectivity index (χ4n) is 6.56. The van der Waals surface area contributed by atoms with Gasteiger partial charge in [0.05, 0.1) is 24.0 Å². The number of anilines is 1. The first-order valence-electron chi connectivity index (χ1n) is 12.6. The molecule has 36 heavy (non-hydrogen) atoms. The van der Waals surface area contributed by atoms with E-state index >= 15 is 0 Å². The number of carbonyl (C=O) groups excluding carboxylic acids is 4. The van der Waals surface area contributed by atoms with E-state index in [1.807, 2.05) is 30.3 Å². The smallest absolute Gasteiger partial charge is 0.338 e. The molecule has 0 radical (unpaired) electrons. The number of rotatable bonds is 7. The number of hydrogen-bond acceptors (Lipinski definition) is 5. The van der Waals surface area contributed by atoms with E-state index in [-0.39, 0.29) is 48.5 Å². The average molecular weight is 485 g/mol. The molecule has 5 aliphatic rings. The van der Waals surface area contributed by atoms with Gasteiger partial charge in [-0.05, 0) is 66.8 Å². The minimum absolute atomic E-state index is 0.0994. The number of carbonyl (C=O) groups is 4. The van der Waals surface area contributed by atoms with Crippen molar-refractivity contribution in [2.24, 2.45) is 35.5 Å². The highest BCUT2D eigenvalue weighted by Crippen LogP contribution is 2.65. The Labute approximate surface area is 209 Å². The van der Waals surface area contributed by atoms with E-state index < -0.39 is 17.9 Å². The fraction of sp³-hybridized carbons (Fsp3) is 0.379. The molecule has 0 spiro atoms. The quantitative estimate of drug-likeness (QED) is 0.369. The summed E-state index contributed by atoms with van der Waals surface area (Å²) in [6.45, 7) is 2.01. The Morgan fingerprint density at radius 1 is 0.944 bits per heavy atom. The topological polar surface area (TPSA) is 92.8 Å². The number of ether oxygens (including phenoxy) is 1. The largest absolute Gasteiger partial charge is 0.462 e. The molecule has 184 valence electrons. The predicted molar refractivity (Wildman–Crippen MR) is 132 cm³/mol. The highest BCUT2D eigenvalue weighted by atomic mass is 16.5. The first kappa shape index (κ1) is 22.7. The van der Waals surface area contributed by atoms with Gasteiger partial charge in [-0.2, -0.15) is 0 Å². The van der Waals surface area contributed by atoms with Crippen LogP contribution in [0.25, 0.3) is 0 Å². The normalized spacial score (nSPS) is 30.0. The average Bonchev–Trinajstić information content (AvgIpc) is 3.67. The first-order valence-corrected chi connectivity index (χ1v) is 12.6. The van der Waals surface area contributed by atoms with Gasteiger partial charge in [-0.25, -0.2) is 4.79 Å². The van der Waals surface area contributed by atoms with Gasteiger partial charge in [0.15, 0.2) is 0 Å². The Morgan fingerprint density at radius 3 is 2.14 bits per heavy atom. The summed E-state index contributed by atoms with van der Waals surface area (Å²) in [5.41, 5.74) is 1.73. The van der Waals surface area contributed by atoms with Crippen molar-refractivity contribution < 1.29 is 23.9 Å². The van der Waals surface area contributed by atoms with Crippen LogP contribution in [0.15, 0.2) is 66.7 Å². The van der Waals surface area contributed by atoms with E-state index in [0.717, 1.165) is 12.0 Å². The summed E-state index contributed by atoms with van der Waals surface area (Å²) in [5.74, 6) is -0.813. The number of imide groups is 1. The minimum Gasteiger partial charge on any atom is -0.462 e. The maximum absolute atomic E-state index is 13.7. The second-order valence-electron chi connectivity index (χ2n) is 10.2. The summed E-state index contributed by atoms with van der Waals surface area (Å²) in [6.07, 6.45) is 5.59. The van der Waals surface area contributed by atoms with Gasteiger partial charge in [0.25, 0.3) is 0 Å². The number of hydrogen-bond donors (Lipinski definition) is 1. The van der Waals surface area contributed by atoms with Crippen LogP contribution in [0.2, 0.25) is 0 Å². The lowest BCUT2D eigenvalue weighted by atomic mass is 9.63. The van der Waals surface area contributed by atoms with Gasteiger partial charge in [-0.3, -0.25) is 19.3 Å². The van der Waals surface area contributed by atoms with Crippen molar-refractivity contribution in [3.05, 3.63) is 77.9 Å². The van der Waals surface area contributed by atoms with Gasteiger partial charge in [-0.15, -0.1) is 0 Å².